The molecule has 0 aromatic rings. The Balaban J connectivity index is 0. The van der Waals surface area contributed by atoms with Crippen molar-refractivity contribution < 1.29 is 13.0 Å². The van der Waals surface area contributed by atoms with Gasteiger partial charge in [-0.3, -0.25) is 4.55 Å². The summed E-state index contributed by atoms with van der Waals surface area (Å²) in [6.45, 7) is 5.99. The summed E-state index contributed by atoms with van der Waals surface area (Å²) < 4.78 is 25.9. The summed E-state index contributed by atoms with van der Waals surface area (Å²) in [4.78, 5) is 0. The second-order valence-electron chi connectivity index (χ2n) is 4.29. The van der Waals surface area contributed by atoms with Gasteiger partial charge in [0.15, 0.2) is 0 Å². The van der Waals surface area contributed by atoms with Gasteiger partial charge in [0.25, 0.3) is 10.1 Å². The van der Waals surface area contributed by atoms with Gasteiger partial charge in [-0.25, -0.2) is 0 Å². The summed E-state index contributed by atoms with van der Waals surface area (Å²) in [7, 11) is -3.67. The van der Waals surface area contributed by atoms with Crippen molar-refractivity contribution in [1.29, 1.82) is 0 Å². The molecule has 0 aromatic heterocycles. The van der Waals surface area contributed by atoms with E-state index in [0.29, 0.717) is 6.26 Å². The van der Waals surface area contributed by atoms with Crippen LogP contribution >= 0.6 is 0 Å². The van der Waals surface area contributed by atoms with Gasteiger partial charge in [-0.15, -0.1) is 6.58 Å². The highest BCUT2D eigenvalue weighted by Crippen LogP contribution is 2.09. The molecule has 0 bridgehead atoms. The van der Waals surface area contributed by atoms with Crippen LogP contribution in [0.5, 0.6) is 0 Å². The molecular weight excluding hydrogens is 236 g/mol. The van der Waals surface area contributed by atoms with Gasteiger partial charge in [0.2, 0.25) is 0 Å². The fraction of sp³-hybridized carbons (Fsp3) is 0.846. The Morgan fingerprint density at radius 1 is 1.00 bits per heavy atom. The van der Waals surface area contributed by atoms with E-state index in [2.05, 4.69) is 13.5 Å². The first-order valence-corrected chi connectivity index (χ1v) is 8.30. The minimum atomic E-state index is -3.67. The molecule has 1 N–H and O–H groups in total. The van der Waals surface area contributed by atoms with Gasteiger partial charge >= 0.3 is 0 Å². The van der Waals surface area contributed by atoms with Crippen LogP contribution in [0.15, 0.2) is 12.7 Å². The lowest BCUT2D eigenvalue weighted by Crippen LogP contribution is -1.88. The number of hydrogen-bond donors (Lipinski definition) is 1. The Hall–Kier alpha value is -0.350. The number of allylic oxidation sites excluding steroid dienone is 1. The van der Waals surface area contributed by atoms with Crippen molar-refractivity contribution in [1.82, 2.24) is 0 Å². The van der Waals surface area contributed by atoms with Gasteiger partial charge in [0, 0.05) is 0 Å². The second-order valence-corrected chi connectivity index (χ2v) is 5.75. The SMILES string of the molecule is C=CCCCCCCCCCC.CS(=O)(=O)O. The van der Waals surface area contributed by atoms with Crippen molar-refractivity contribution >= 4 is 10.1 Å². The maximum absolute atomic E-state index is 9.19. The largest absolute Gasteiger partial charge is 0.286 e. The van der Waals surface area contributed by atoms with Gasteiger partial charge in [0.05, 0.1) is 6.26 Å². The molecule has 0 aliphatic carbocycles. The van der Waals surface area contributed by atoms with E-state index in [4.69, 9.17) is 4.55 Å². The standard InChI is InChI=1S/C12H24.CH4O3S/c1-3-5-7-9-11-12-10-8-6-4-2;1-5(2,3)4/h3H,1,4-12H2,2H3;1H3,(H,2,3,4). The second kappa shape index (κ2) is 13.7. The molecule has 0 rings (SSSR count). The third kappa shape index (κ3) is 39.0. The predicted molar refractivity (Wildman–Crippen MR) is 74.9 cm³/mol. The average molecular weight is 264 g/mol. The summed E-state index contributed by atoms with van der Waals surface area (Å²) in [5.74, 6) is 0. The van der Waals surface area contributed by atoms with Crippen molar-refractivity contribution in [3.05, 3.63) is 12.7 Å². The molecular formula is C13H28O3S. The quantitative estimate of drug-likeness (QED) is 0.385. The number of hydrogen-bond acceptors (Lipinski definition) is 2. The van der Waals surface area contributed by atoms with Gasteiger partial charge in [-0.1, -0.05) is 57.9 Å². The lowest BCUT2D eigenvalue weighted by atomic mass is 10.1. The molecule has 0 radical (unpaired) electrons. The van der Waals surface area contributed by atoms with Crippen LogP contribution in [-0.2, 0) is 10.1 Å². The summed E-state index contributed by atoms with van der Waals surface area (Å²) in [6.07, 6.45) is 15.2. The monoisotopic (exact) mass is 264 g/mol. The molecule has 0 saturated heterocycles. The summed E-state index contributed by atoms with van der Waals surface area (Å²) >= 11 is 0. The Labute approximate surface area is 107 Å². The van der Waals surface area contributed by atoms with Crippen LogP contribution in [0.2, 0.25) is 0 Å². The zero-order chi connectivity index (χ0) is 13.6. The van der Waals surface area contributed by atoms with E-state index >= 15 is 0 Å². The molecule has 3 nitrogen and oxygen atoms in total. The molecule has 0 spiro atoms. The van der Waals surface area contributed by atoms with Gasteiger partial charge < -0.3 is 0 Å². The lowest BCUT2D eigenvalue weighted by molar-refractivity contribution is 0.490. The predicted octanol–water partition coefficient (Wildman–Crippen LogP) is 4.21. The van der Waals surface area contributed by atoms with Crippen LogP contribution in [0.4, 0.5) is 0 Å². The normalized spacial score (nSPS) is 10.5. The Bertz CT molecular complexity index is 237. The van der Waals surface area contributed by atoms with E-state index < -0.39 is 10.1 Å². The van der Waals surface area contributed by atoms with Gasteiger partial charge in [-0.05, 0) is 12.8 Å². The van der Waals surface area contributed by atoms with Crippen molar-refractivity contribution in [2.75, 3.05) is 6.26 Å². The zero-order valence-corrected chi connectivity index (χ0v) is 12.1. The minimum Gasteiger partial charge on any atom is -0.286 e. The maximum Gasteiger partial charge on any atom is 0.261 e. The van der Waals surface area contributed by atoms with Crippen LogP contribution in [-0.4, -0.2) is 19.2 Å². The zero-order valence-electron chi connectivity index (χ0n) is 11.3. The van der Waals surface area contributed by atoms with Crippen molar-refractivity contribution in [2.45, 2.75) is 64.7 Å². The minimum absolute atomic E-state index is 0.715. The fourth-order valence-corrected chi connectivity index (χ4v) is 1.42. The molecule has 0 aromatic carbocycles. The molecule has 17 heavy (non-hydrogen) atoms. The molecule has 0 amide bonds. The first-order valence-electron chi connectivity index (χ1n) is 6.45. The molecule has 104 valence electrons. The van der Waals surface area contributed by atoms with Crippen molar-refractivity contribution in [3.63, 3.8) is 0 Å². The first-order chi connectivity index (χ1) is 7.91. The highest BCUT2D eigenvalue weighted by Gasteiger charge is 1.89. The Morgan fingerprint density at radius 2 is 1.35 bits per heavy atom. The average Bonchev–Trinajstić information content (AvgIpc) is 2.20. The highest BCUT2D eigenvalue weighted by atomic mass is 32.2. The fourth-order valence-electron chi connectivity index (χ4n) is 1.42. The van der Waals surface area contributed by atoms with Gasteiger partial charge in [0.1, 0.15) is 0 Å². The molecule has 0 heterocycles. The lowest BCUT2D eigenvalue weighted by Gasteiger charge is -1.99. The topological polar surface area (TPSA) is 54.4 Å². The van der Waals surface area contributed by atoms with Crippen LogP contribution in [0.3, 0.4) is 0 Å². The van der Waals surface area contributed by atoms with E-state index in [1.807, 2.05) is 6.08 Å². The highest BCUT2D eigenvalue weighted by molar-refractivity contribution is 7.85. The Morgan fingerprint density at radius 3 is 1.71 bits per heavy atom. The van der Waals surface area contributed by atoms with Crippen molar-refractivity contribution in [2.24, 2.45) is 0 Å². The summed E-state index contributed by atoms with van der Waals surface area (Å²) in [5.41, 5.74) is 0. The molecule has 0 saturated carbocycles. The Kier molecular flexibility index (Phi) is 15.3. The molecule has 0 atom stereocenters. The van der Waals surface area contributed by atoms with Crippen LogP contribution in [0, 0.1) is 0 Å². The van der Waals surface area contributed by atoms with Gasteiger partial charge in [-0.2, -0.15) is 8.42 Å². The number of unbranched alkanes of at least 4 members (excludes halogenated alkanes) is 8. The third-order valence-electron chi connectivity index (χ3n) is 2.26. The molecule has 0 aliphatic rings. The maximum atomic E-state index is 9.19. The third-order valence-corrected chi connectivity index (χ3v) is 2.26. The van der Waals surface area contributed by atoms with Crippen molar-refractivity contribution in [3.8, 4) is 0 Å². The van der Waals surface area contributed by atoms with E-state index in [1.165, 1.54) is 57.8 Å². The smallest absolute Gasteiger partial charge is 0.261 e. The summed E-state index contributed by atoms with van der Waals surface area (Å²) in [5, 5.41) is 0. The van der Waals surface area contributed by atoms with E-state index in [9.17, 15) is 8.42 Å². The molecule has 0 aliphatic heterocycles. The molecule has 4 heteroatoms. The van der Waals surface area contributed by atoms with E-state index in [1.54, 1.807) is 0 Å². The van der Waals surface area contributed by atoms with E-state index in [-0.39, 0.29) is 0 Å². The van der Waals surface area contributed by atoms with Crippen LogP contribution < -0.4 is 0 Å². The van der Waals surface area contributed by atoms with Crippen LogP contribution in [0.25, 0.3) is 0 Å². The van der Waals surface area contributed by atoms with Crippen LogP contribution in [0.1, 0.15) is 64.7 Å². The summed E-state index contributed by atoms with van der Waals surface area (Å²) in [6, 6.07) is 0. The van der Waals surface area contributed by atoms with E-state index in [0.717, 1.165) is 0 Å². The molecule has 0 unspecified atom stereocenters. The first kappa shape index (κ1) is 19.0. The molecule has 0 fully saturated rings. The number of rotatable bonds is 9.